The van der Waals surface area contributed by atoms with Crippen LogP contribution in [0.5, 0.6) is 5.75 Å². The van der Waals surface area contributed by atoms with E-state index in [9.17, 15) is 4.79 Å². The minimum Gasteiger partial charge on any atom is -0.482 e. The van der Waals surface area contributed by atoms with Gasteiger partial charge in [-0.05, 0) is 30.0 Å². The van der Waals surface area contributed by atoms with Gasteiger partial charge in [-0.3, -0.25) is 0 Å². The van der Waals surface area contributed by atoms with E-state index < -0.39 is 5.97 Å². The van der Waals surface area contributed by atoms with Crippen molar-refractivity contribution in [1.82, 2.24) is 0 Å². The van der Waals surface area contributed by atoms with Crippen LogP contribution >= 0.6 is 0 Å². The number of ether oxygens (including phenoxy) is 1. The van der Waals surface area contributed by atoms with Crippen molar-refractivity contribution in [3.05, 3.63) is 54.6 Å². The maximum Gasteiger partial charge on any atom is 3.00 e. The monoisotopic (exact) mass is 344 g/mol. The Labute approximate surface area is 141 Å². The van der Waals surface area contributed by atoms with Crippen LogP contribution in [0.15, 0.2) is 58.8 Å². The third kappa shape index (κ3) is 5.59. The van der Waals surface area contributed by atoms with Gasteiger partial charge in [0.1, 0.15) is 5.75 Å². The minimum absolute atomic E-state index is 0. The first-order valence-electron chi connectivity index (χ1n) is 5.56. The van der Waals surface area contributed by atoms with Gasteiger partial charge in [-0.15, -0.1) is 12.1 Å². The van der Waals surface area contributed by atoms with Gasteiger partial charge in [-0.2, -0.15) is 28.4 Å². The average molecular weight is 344 g/mol. The molecule has 0 atom stereocenters. The number of nitrogens with zero attached hydrogens (tertiary/aromatic N) is 2. The van der Waals surface area contributed by atoms with E-state index in [2.05, 4.69) is 16.3 Å². The molecule has 1 N–H and O–H groups in total. The van der Waals surface area contributed by atoms with E-state index in [1.54, 1.807) is 48.5 Å². The van der Waals surface area contributed by atoms with Crippen molar-refractivity contribution in [3.63, 3.8) is 0 Å². The van der Waals surface area contributed by atoms with E-state index in [1.807, 2.05) is 0 Å². The molecule has 0 aromatic heterocycles. The second kappa shape index (κ2) is 8.56. The van der Waals surface area contributed by atoms with Gasteiger partial charge in [-0.25, -0.2) is 4.79 Å². The number of azo groups is 1. The molecular weight excluding hydrogens is 333 g/mol. The maximum absolute atomic E-state index is 10.3. The van der Waals surface area contributed by atoms with Crippen LogP contribution in [-0.2, 0) is 37.5 Å². The Balaban J connectivity index is 0.00000200. The number of carboxylic acids is 1. The van der Waals surface area contributed by atoms with Crippen molar-refractivity contribution in [2.45, 2.75) is 0 Å². The fourth-order valence-corrected chi connectivity index (χ4v) is 1.31. The minimum atomic E-state index is -1.01. The summed E-state index contributed by atoms with van der Waals surface area (Å²) in [7, 11) is 0. The molecular formula is C14H11N2O3Y+2. The summed E-state index contributed by atoms with van der Waals surface area (Å²) in [6.07, 6.45) is 0. The maximum atomic E-state index is 10.3. The molecule has 0 saturated carbocycles. The van der Waals surface area contributed by atoms with Crippen LogP contribution in [0, 0.1) is 6.07 Å². The number of rotatable bonds is 5. The zero-order valence-corrected chi connectivity index (χ0v) is 13.4. The second-order valence-electron chi connectivity index (χ2n) is 3.63. The molecule has 0 aliphatic carbocycles. The molecule has 2 rings (SSSR count). The van der Waals surface area contributed by atoms with Crippen molar-refractivity contribution in [2.24, 2.45) is 10.2 Å². The van der Waals surface area contributed by atoms with Gasteiger partial charge in [0, 0.05) is 0 Å². The number of hydrogen-bond acceptors (Lipinski definition) is 4. The summed E-state index contributed by atoms with van der Waals surface area (Å²) in [5.41, 5.74) is 1.40. The summed E-state index contributed by atoms with van der Waals surface area (Å²) < 4.78 is 5.01. The zero-order valence-electron chi connectivity index (χ0n) is 10.6. The molecule has 0 bridgehead atoms. The van der Waals surface area contributed by atoms with Gasteiger partial charge in [0.25, 0.3) is 0 Å². The first kappa shape index (κ1) is 16.5. The Kier molecular flexibility index (Phi) is 7.05. The predicted molar refractivity (Wildman–Crippen MR) is 69.0 cm³/mol. The average Bonchev–Trinajstić information content (AvgIpc) is 2.45. The molecule has 0 radical (unpaired) electrons. The van der Waals surface area contributed by atoms with E-state index in [4.69, 9.17) is 9.84 Å². The summed E-state index contributed by atoms with van der Waals surface area (Å²) in [6.45, 7) is -0.360. The SMILES string of the molecule is O=C(O)COc1ccc(N=Nc2cc[c-]cc2)cc1.[Y+3]. The summed E-state index contributed by atoms with van der Waals surface area (Å²) in [4.78, 5) is 10.3. The molecule has 20 heavy (non-hydrogen) atoms. The van der Waals surface area contributed by atoms with E-state index in [1.165, 1.54) is 0 Å². The number of benzene rings is 2. The topological polar surface area (TPSA) is 71.2 Å². The summed E-state index contributed by atoms with van der Waals surface area (Å²) in [5, 5.41) is 16.6. The van der Waals surface area contributed by atoms with Crippen molar-refractivity contribution in [3.8, 4) is 5.75 Å². The molecule has 5 nitrogen and oxygen atoms in total. The second-order valence-corrected chi connectivity index (χ2v) is 3.63. The molecule has 0 unspecified atom stereocenters. The molecule has 0 heterocycles. The Bertz CT molecular complexity index is 571. The number of aliphatic carboxylic acids is 1. The molecule has 0 saturated heterocycles. The van der Waals surface area contributed by atoms with Crippen LogP contribution in [0.3, 0.4) is 0 Å². The van der Waals surface area contributed by atoms with E-state index in [0.717, 1.165) is 5.69 Å². The van der Waals surface area contributed by atoms with E-state index in [0.29, 0.717) is 11.4 Å². The van der Waals surface area contributed by atoms with Crippen LogP contribution in [0.2, 0.25) is 0 Å². The third-order valence-electron chi connectivity index (χ3n) is 2.18. The summed E-state index contributed by atoms with van der Waals surface area (Å²) in [5.74, 6) is -0.527. The predicted octanol–water partition coefficient (Wildman–Crippen LogP) is 3.36. The molecule has 6 heteroatoms. The van der Waals surface area contributed by atoms with Crippen LogP contribution in [0.4, 0.5) is 11.4 Å². The van der Waals surface area contributed by atoms with Crippen LogP contribution < -0.4 is 4.74 Å². The largest absolute Gasteiger partial charge is 3.00 e. The molecule has 96 valence electrons. The Morgan fingerprint density at radius 2 is 1.60 bits per heavy atom. The quantitative estimate of drug-likeness (QED) is 0.668. The van der Waals surface area contributed by atoms with Crippen LogP contribution in [0.1, 0.15) is 0 Å². The van der Waals surface area contributed by atoms with Crippen LogP contribution in [0.25, 0.3) is 0 Å². The smallest absolute Gasteiger partial charge is 0.482 e. The van der Waals surface area contributed by atoms with E-state index in [-0.39, 0.29) is 39.3 Å². The Hall–Kier alpha value is -1.59. The molecule has 2 aromatic rings. The van der Waals surface area contributed by atoms with Gasteiger partial charge in [0.15, 0.2) is 6.61 Å². The first-order valence-corrected chi connectivity index (χ1v) is 5.56. The zero-order chi connectivity index (χ0) is 13.5. The van der Waals surface area contributed by atoms with Crippen LogP contribution in [-0.4, -0.2) is 17.7 Å². The van der Waals surface area contributed by atoms with Crippen molar-refractivity contribution in [1.29, 1.82) is 0 Å². The molecule has 0 aliphatic rings. The van der Waals surface area contributed by atoms with Gasteiger partial charge >= 0.3 is 38.7 Å². The molecule has 0 fully saturated rings. The van der Waals surface area contributed by atoms with Crippen molar-refractivity contribution in [2.75, 3.05) is 6.61 Å². The van der Waals surface area contributed by atoms with Crippen molar-refractivity contribution >= 4 is 17.3 Å². The fourth-order valence-electron chi connectivity index (χ4n) is 1.31. The molecule has 0 aliphatic heterocycles. The fraction of sp³-hybridized carbons (Fsp3) is 0.0714. The van der Waals surface area contributed by atoms with Gasteiger partial charge in [-0.1, -0.05) is 0 Å². The number of hydrogen-bond donors (Lipinski definition) is 1. The standard InChI is InChI=1S/C14H11N2O3.Y/c17-14(18)10-19-13-8-6-12(7-9-13)16-15-11-4-2-1-3-5-11;/h2-9H,10H2,(H,17,18);/q-1;+3. The van der Waals surface area contributed by atoms with Gasteiger partial charge < -0.3 is 9.84 Å². The Morgan fingerprint density at radius 1 is 1.05 bits per heavy atom. The Morgan fingerprint density at radius 3 is 2.15 bits per heavy atom. The van der Waals surface area contributed by atoms with Gasteiger partial charge in [0.2, 0.25) is 0 Å². The number of carboxylic acid groups (broad SMARTS) is 1. The number of carbonyl (C=O) groups is 1. The van der Waals surface area contributed by atoms with Gasteiger partial charge in [0.05, 0.1) is 5.69 Å². The summed E-state index contributed by atoms with van der Waals surface area (Å²) >= 11 is 0. The molecule has 0 spiro atoms. The molecule has 2 aromatic carbocycles. The van der Waals surface area contributed by atoms with Crippen molar-refractivity contribution < 1.29 is 47.3 Å². The third-order valence-corrected chi connectivity index (χ3v) is 2.18. The molecule has 0 amide bonds. The summed E-state index contributed by atoms with van der Waals surface area (Å²) in [6, 6.07) is 16.7. The first-order chi connectivity index (χ1) is 9.24. The normalized spacial score (nSPS) is 10.0. The van der Waals surface area contributed by atoms with E-state index >= 15 is 0 Å².